The Balaban J connectivity index is 2.39. The summed E-state index contributed by atoms with van der Waals surface area (Å²) in [6, 6.07) is 6.27. The summed E-state index contributed by atoms with van der Waals surface area (Å²) in [7, 11) is 0. The van der Waals surface area contributed by atoms with E-state index in [1.54, 1.807) is 0 Å². The van der Waals surface area contributed by atoms with E-state index in [1.807, 2.05) is 0 Å². The van der Waals surface area contributed by atoms with Crippen LogP contribution in [0.5, 0.6) is 0 Å². The van der Waals surface area contributed by atoms with E-state index in [0.717, 1.165) is 42.5 Å². The zero-order valence-electron chi connectivity index (χ0n) is 11.0. The molecule has 18 heavy (non-hydrogen) atoms. The van der Waals surface area contributed by atoms with Crippen molar-refractivity contribution in [2.45, 2.75) is 33.1 Å². The quantitative estimate of drug-likeness (QED) is 0.794. The minimum Gasteiger partial charge on any atom is -0.369 e. The van der Waals surface area contributed by atoms with Gasteiger partial charge < -0.3 is 11.1 Å². The number of aromatic nitrogens is 2. The molecule has 1 aromatic carbocycles. The first-order valence-corrected chi connectivity index (χ1v) is 6.54. The predicted octanol–water partition coefficient (Wildman–Crippen LogP) is 2.99. The molecule has 96 valence electrons. The number of unbranched alkanes of at least 4 members (excludes halogenated alkanes) is 1. The van der Waals surface area contributed by atoms with Crippen LogP contribution in [-0.2, 0) is 6.42 Å². The van der Waals surface area contributed by atoms with Crippen LogP contribution in [0.2, 0.25) is 0 Å². The zero-order chi connectivity index (χ0) is 13.0. The van der Waals surface area contributed by atoms with Crippen LogP contribution in [0.4, 0.5) is 11.8 Å². The first-order valence-electron chi connectivity index (χ1n) is 6.54. The van der Waals surface area contributed by atoms with E-state index < -0.39 is 0 Å². The smallest absolute Gasteiger partial charge is 0.222 e. The number of fused-ring (bicyclic) bond motifs is 1. The Morgan fingerprint density at radius 1 is 1.22 bits per heavy atom. The van der Waals surface area contributed by atoms with Gasteiger partial charge in [-0.25, -0.2) is 4.98 Å². The van der Waals surface area contributed by atoms with Gasteiger partial charge in [0.25, 0.3) is 0 Å². The highest BCUT2D eigenvalue weighted by molar-refractivity contribution is 5.90. The third kappa shape index (κ3) is 2.70. The summed E-state index contributed by atoms with van der Waals surface area (Å²) in [6.45, 7) is 5.21. The summed E-state index contributed by atoms with van der Waals surface area (Å²) in [4.78, 5) is 8.58. The molecular weight excluding hydrogens is 224 g/mol. The Bertz CT molecular complexity index is 537. The van der Waals surface area contributed by atoms with Crippen molar-refractivity contribution in [1.29, 1.82) is 0 Å². The van der Waals surface area contributed by atoms with Crippen molar-refractivity contribution >= 4 is 22.7 Å². The molecule has 3 N–H and O–H groups in total. The molecule has 0 unspecified atom stereocenters. The molecule has 1 heterocycles. The van der Waals surface area contributed by atoms with Gasteiger partial charge in [0, 0.05) is 11.9 Å². The number of nitrogens with two attached hydrogens (primary N) is 1. The van der Waals surface area contributed by atoms with E-state index in [9.17, 15) is 0 Å². The highest BCUT2D eigenvalue weighted by atomic mass is 15.1. The first kappa shape index (κ1) is 12.6. The molecule has 0 saturated carbocycles. The maximum atomic E-state index is 5.76. The molecule has 0 saturated heterocycles. The normalized spacial score (nSPS) is 10.8. The van der Waals surface area contributed by atoms with Crippen LogP contribution >= 0.6 is 0 Å². The monoisotopic (exact) mass is 244 g/mol. The first-order chi connectivity index (χ1) is 8.74. The Morgan fingerprint density at radius 2 is 2.06 bits per heavy atom. The van der Waals surface area contributed by atoms with Gasteiger partial charge in [0.15, 0.2) is 0 Å². The average Bonchev–Trinajstić information content (AvgIpc) is 2.38. The number of nitrogens with one attached hydrogen (secondary N) is 1. The molecule has 2 aromatic rings. The molecule has 0 amide bonds. The number of nitrogens with zero attached hydrogens (tertiary/aromatic N) is 2. The lowest BCUT2D eigenvalue weighted by molar-refractivity contribution is 0.832. The van der Waals surface area contributed by atoms with Crippen LogP contribution in [0.25, 0.3) is 10.9 Å². The van der Waals surface area contributed by atoms with Crippen molar-refractivity contribution in [1.82, 2.24) is 9.97 Å². The maximum absolute atomic E-state index is 5.76. The summed E-state index contributed by atoms with van der Waals surface area (Å²) in [6.07, 6.45) is 3.28. The molecule has 0 atom stereocenters. The fourth-order valence-corrected chi connectivity index (χ4v) is 1.93. The van der Waals surface area contributed by atoms with Crippen molar-refractivity contribution in [2.24, 2.45) is 0 Å². The standard InChI is InChI=1S/C14H20N4/c1-3-5-8-16-13-11-7-6-10(4-2)9-12(11)17-14(15)18-13/h6-7,9H,3-5,8H2,1-2H3,(H3,15,16,17,18). The molecule has 0 spiro atoms. The van der Waals surface area contributed by atoms with Crippen LogP contribution in [0, 0.1) is 0 Å². The van der Waals surface area contributed by atoms with Gasteiger partial charge in [0.2, 0.25) is 5.95 Å². The summed E-state index contributed by atoms with van der Waals surface area (Å²) in [5, 5.41) is 4.38. The third-order valence-corrected chi connectivity index (χ3v) is 3.01. The molecule has 0 bridgehead atoms. The lowest BCUT2D eigenvalue weighted by atomic mass is 10.1. The topological polar surface area (TPSA) is 63.8 Å². The SMILES string of the molecule is CCCCNc1nc(N)nc2cc(CC)ccc12. The number of nitrogen functional groups attached to an aromatic ring is 1. The Hall–Kier alpha value is -1.84. The Morgan fingerprint density at radius 3 is 2.78 bits per heavy atom. The van der Waals surface area contributed by atoms with E-state index in [2.05, 4.69) is 47.3 Å². The van der Waals surface area contributed by atoms with Crippen molar-refractivity contribution < 1.29 is 0 Å². The van der Waals surface area contributed by atoms with Crippen molar-refractivity contribution in [3.63, 3.8) is 0 Å². The Kier molecular flexibility index (Phi) is 3.97. The van der Waals surface area contributed by atoms with E-state index in [4.69, 9.17) is 5.73 Å². The molecule has 0 aliphatic heterocycles. The lowest BCUT2D eigenvalue weighted by Crippen LogP contribution is -2.06. The summed E-state index contributed by atoms with van der Waals surface area (Å²) >= 11 is 0. The van der Waals surface area contributed by atoms with E-state index in [0.29, 0.717) is 5.95 Å². The van der Waals surface area contributed by atoms with Gasteiger partial charge >= 0.3 is 0 Å². The Labute approximate surface area is 108 Å². The molecule has 0 aliphatic rings. The second-order valence-corrected chi connectivity index (χ2v) is 4.42. The highest BCUT2D eigenvalue weighted by Crippen LogP contribution is 2.22. The van der Waals surface area contributed by atoms with Gasteiger partial charge in [-0.3, -0.25) is 0 Å². The molecule has 0 fully saturated rings. The van der Waals surface area contributed by atoms with Gasteiger partial charge in [-0.2, -0.15) is 4.98 Å². The molecule has 4 nitrogen and oxygen atoms in total. The fraction of sp³-hybridized carbons (Fsp3) is 0.429. The molecule has 0 aliphatic carbocycles. The largest absolute Gasteiger partial charge is 0.369 e. The van der Waals surface area contributed by atoms with Gasteiger partial charge in [-0.15, -0.1) is 0 Å². The second kappa shape index (κ2) is 5.67. The number of anilines is 2. The number of rotatable bonds is 5. The van der Waals surface area contributed by atoms with Crippen molar-refractivity contribution in [2.75, 3.05) is 17.6 Å². The van der Waals surface area contributed by atoms with Crippen LogP contribution in [0.3, 0.4) is 0 Å². The van der Waals surface area contributed by atoms with Crippen LogP contribution in [0.1, 0.15) is 32.3 Å². The minimum atomic E-state index is 0.328. The van der Waals surface area contributed by atoms with Crippen molar-refractivity contribution in [3.05, 3.63) is 23.8 Å². The van der Waals surface area contributed by atoms with Crippen LogP contribution < -0.4 is 11.1 Å². The molecule has 2 rings (SSSR count). The number of hydrogen-bond acceptors (Lipinski definition) is 4. The number of hydrogen-bond donors (Lipinski definition) is 2. The van der Waals surface area contributed by atoms with Crippen LogP contribution in [-0.4, -0.2) is 16.5 Å². The van der Waals surface area contributed by atoms with E-state index in [-0.39, 0.29) is 0 Å². The summed E-state index contributed by atoms with van der Waals surface area (Å²) < 4.78 is 0. The molecule has 0 radical (unpaired) electrons. The molecule has 1 aromatic heterocycles. The molecule has 4 heteroatoms. The van der Waals surface area contributed by atoms with E-state index in [1.165, 1.54) is 5.56 Å². The van der Waals surface area contributed by atoms with E-state index >= 15 is 0 Å². The maximum Gasteiger partial charge on any atom is 0.222 e. The minimum absolute atomic E-state index is 0.328. The number of benzene rings is 1. The molecular formula is C14H20N4. The average molecular weight is 244 g/mol. The summed E-state index contributed by atoms with van der Waals surface area (Å²) in [5.41, 5.74) is 7.94. The van der Waals surface area contributed by atoms with Crippen molar-refractivity contribution in [3.8, 4) is 0 Å². The lowest BCUT2D eigenvalue weighted by Gasteiger charge is -2.09. The second-order valence-electron chi connectivity index (χ2n) is 4.42. The van der Waals surface area contributed by atoms with Gasteiger partial charge in [-0.1, -0.05) is 26.3 Å². The summed E-state index contributed by atoms with van der Waals surface area (Å²) in [5.74, 6) is 1.17. The van der Waals surface area contributed by atoms with Crippen LogP contribution in [0.15, 0.2) is 18.2 Å². The van der Waals surface area contributed by atoms with Gasteiger partial charge in [-0.05, 0) is 30.5 Å². The highest BCUT2D eigenvalue weighted by Gasteiger charge is 2.06. The zero-order valence-corrected chi connectivity index (χ0v) is 11.0. The van der Waals surface area contributed by atoms with Gasteiger partial charge in [0.1, 0.15) is 5.82 Å². The third-order valence-electron chi connectivity index (χ3n) is 3.01. The number of aryl methyl sites for hydroxylation is 1. The van der Waals surface area contributed by atoms with Gasteiger partial charge in [0.05, 0.1) is 5.52 Å². The fourth-order valence-electron chi connectivity index (χ4n) is 1.93. The predicted molar refractivity (Wildman–Crippen MR) is 76.7 cm³/mol.